The van der Waals surface area contributed by atoms with Gasteiger partial charge in [-0.25, -0.2) is 0 Å². The van der Waals surface area contributed by atoms with E-state index in [0.717, 1.165) is 8.04 Å². The number of carbonyl (C=O) groups excluding carboxylic acids is 1. The van der Waals surface area contributed by atoms with Crippen molar-refractivity contribution in [3.63, 3.8) is 0 Å². The SMILES string of the molecule is O=C(c1ccccn1)c1cccc(Br)c1I. The first kappa shape index (κ1) is 11.7. The number of rotatable bonds is 2. The smallest absolute Gasteiger partial charge is 0.212 e. The van der Waals surface area contributed by atoms with E-state index in [1.807, 2.05) is 24.3 Å². The van der Waals surface area contributed by atoms with E-state index >= 15 is 0 Å². The first-order valence-corrected chi connectivity index (χ1v) is 6.47. The lowest BCUT2D eigenvalue weighted by Crippen LogP contribution is -2.05. The second-order valence-corrected chi connectivity index (χ2v) is 5.08. The third-order valence-electron chi connectivity index (χ3n) is 2.09. The Bertz CT molecular complexity index is 528. The van der Waals surface area contributed by atoms with Gasteiger partial charge in [-0.05, 0) is 62.8 Å². The fraction of sp³-hybridized carbons (Fsp3) is 0. The van der Waals surface area contributed by atoms with Crippen LogP contribution in [0, 0.1) is 3.57 Å². The molecule has 0 aliphatic rings. The maximum Gasteiger partial charge on any atom is 0.212 e. The van der Waals surface area contributed by atoms with Crippen molar-refractivity contribution in [2.45, 2.75) is 0 Å². The molecule has 80 valence electrons. The topological polar surface area (TPSA) is 30.0 Å². The summed E-state index contributed by atoms with van der Waals surface area (Å²) in [5.74, 6) is -0.0497. The Morgan fingerprint density at radius 3 is 2.69 bits per heavy atom. The summed E-state index contributed by atoms with van der Waals surface area (Å²) in [5.41, 5.74) is 1.15. The minimum atomic E-state index is -0.0497. The van der Waals surface area contributed by atoms with Crippen LogP contribution in [0.3, 0.4) is 0 Å². The van der Waals surface area contributed by atoms with Gasteiger partial charge in [-0.15, -0.1) is 0 Å². The second kappa shape index (κ2) is 5.05. The van der Waals surface area contributed by atoms with Gasteiger partial charge in [0.1, 0.15) is 5.69 Å². The molecule has 1 aromatic heterocycles. The van der Waals surface area contributed by atoms with E-state index in [1.54, 1.807) is 18.3 Å². The number of benzene rings is 1. The normalized spacial score (nSPS) is 10.1. The van der Waals surface area contributed by atoms with Crippen molar-refractivity contribution < 1.29 is 4.79 Å². The number of aromatic nitrogens is 1. The monoisotopic (exact) mass is 387 g/mol. The number of hydrogen-bond acceptors (Lipinski definition) is 2. The Morgan fingerprint density at radius 1 is 1.19 bits per heavy atom. The predicted molar refractivity (Wildman–Crippen MR) is 74.5 cm³/mol. The molecular weight excluding hydrogens is 381 g/mol. The van der Waals surface area contributed by atoms with Crippen LogP contribution >= 0.6 is 38.5 Å². The van der Waals surface area contributed by atoms with E-state index in [9.17, 15) is 4.79 Å². The summed E-state index contributed by atoms with van der Waals surface area (Å²) in [4.78, 5) is 16.2. The molecule has 1 aromatic carbocycles. The highest BCUT2D eigenvalue weighted by molar-refractivity contribution is 14.1. The molecule has 0 saturated heterocycles. The summed E-state index contributed by atoms with van der Waals surface area (Å²) in [6.45, 7) is 0. The highest BCUT2D eigenvalue weighted by atomic mass is 127. The zero-order valence-electron chi connectivity index (χ0n) is 8.15. The molecule has 0 aliphatic carbocycles. The third-order valence-corrected chi connectivity index (χ3v) is 4.66. The van der Waals surface area contributed by atoms with Gasteiger partial charge < -0.3 is 0 Å². The largest absolute Gasteiger partial charge is 0.287 e. The highest BCUT2D eigenvalue weighted by Gasteiger charge is 2.14. The molecule has 0 N–H and O–H groups in total. The Labute approximate surface area is 115 Å². The quantitative estimate of drug-likeness (QED) is 0.581. The summed E-state index contributed by atoms with van der Waals surface area (Å²) < 4.78 is 1.84. The second-order valence-electron chi connectivity index (χ2n) is 3.15. The summed E-state index contributed by atoms with van der Waals surface area (Å²) in [6, 6.07) is 10.9. The Morgan fingerprint density at radius 2 is 2.00 bits per heavy atom. The average molecular weight is 388 g/mol. The zero-order valence-corrected chi connectivity index (χ0v) is 11.9. The highest BCUT2D eigenvalue weighted by Crippen LogP contribution is 2.24. The molecule has 0 bridgehead atoms. The van der Waals surface area contributed by atoms with Gasteiger partial charge in [-0.1, -0.05) is 12.1 Å². The average Bonchev–Trinajstić information content (AvgIpc) is 2.33. The standard InChI is InChI=1S/C12H7BrINO/c13-9-5-3-4-8(11(9)14)12(16)10-6-1-2-7-15-10/h1-7H. The van der Waals surface area contributed by atoms with Crippen molar-refractivity contribution in [3.8, 4) is 0 Å². The molecule has 0 spiro atoms. The molecule has 1 heterocycles. The van der Waals surface area contributed by atoms with Crippen molar-refractivity contribution in [1.82, 2.24) is 4.98 Å². The van der Waals surface area contributed by atoms with E-state index in [1.165, 1.54) is 0 Å². The Balaban J connectivity index is 2.46. The minimum absolute atomic E-state index is 0.0497. The molecule has 0 radical (unpaired) electrons. The maximum absolute atomic E-state index is 12.1. The van der Waals surface area contributed by atoms with Crippen molar-refractivity contribution in [2.75, 3.05) is 0 Å². The fourth-order valence-corrected chi connectivity index (χ4v) is 2.28. The maximum atomic E-state index is 12.1. The Hall–Kier alpha value is -0.750. The van der Waals surface area contributed by atoms with Crippen molar-refractivity contribution in [1.29, 1.82) is 0 Å². The van der Waals surface area contributed by atoms with E-state index < -0.39 is 0 Å². The summed E-state index contributed by atoms with van der Waals surface area (Å²) >= 11 is 5.56. The van der Waals surface area contributed by atoms with Gasteiger partial charge >= 0.3 is 0 Å². The number of hydrogen-bond donors (Lipinski definition) is 0. The van der Waals surface area contributed by atoms with Gasteiger partial charge in [-0.2, -0.15) is 0 Å². The fourth-order valence-electron chi connectivity index (χ4n) is 1.31. The molecule has 2 aromatic rings. The van der Waals surface area contributed by atoms with Crippen molar-refractivity contribution >= 4 is 44.3 Å². The van der Waals surface area contributed by atoms with Crippen LogP contribution in [-0.4, -0.2) is 10.8 Å². The molecule has 2 nitrogen and oxygen atoms in total. The lowest BCUT2D eigenvalue weighted by Gasteiger charge is -2.04. The number of ketones is 1. The zero-order chi connectivity index (χ0) is 11.5. The molecule has 0 atom stereocenters. The first-order valence-electron chi connectivity index (χ1n) is 4.60. The molecule has 16 heavy (non-hydrogen) atoms. The molecule has 2 rings (SSSR count). The number of carbonyl (C=O) groups is 1. The lowest BCUT2D eigenvalue weighted by atomic mass is 10.1. The van der Waals surface area contributed by atoms with Crippen molar-refractivity contribution in [3.05, 3.63) is 61.9 Å². The van der Waals surface area contributed by atoms with Gasteiger partial charge in [0.2, 0.25) is 5.78 Å². The lowest BCUT2D eigenvalue weighted by molar-refractivity contribution is 0.103. The third kappa shape index (κ3) is 2.32. The Kier molecular flexibility index (Phi) is 3.70. The van der Waals surface area contributed by atoms with Crippen LogP contribution in [0.1, 0.15) is 16.1 Å². The van der Waals surface area contributed by atoms with E-state index in [-0.39, 0.29) is 5.78 Å². The number of nitrogens with zero attached hydrogens (tertiary/aromatic N) is 1. The van der Waals surface area contributed by atoms with Crippen LogP contribution in [0.4, 0.5) is 0 Å². The van der Waals surface area contributed by atoms with Gasteiger partial charge in [-0.3, -0.25) is 9.78 Å². The van der Waals surface area contributed by atoms with Gasteiger partial charge in [0.25, 0.3) is 0 Å². The van der Waals surface area contributed by atoms with E-state index in [4.69, 9.17) is 0 Å². The molecule has 4 heteroatoms. The van der Waals surface area contributed by atoms with E-state index in [0.29, 0.717) is 11.3 Å². The van der Waals surface area contributed by atoms with Crippen LogP contribution in [0.2, 0.25) is 0 Å². The summed E-state index contributed by atoms with van der Waals surface area (Å²) in [5, 5.41) is 0. The predicted octanol–water partition coefficient (Wildman–Crippen LogP) is 3.68. The van der Waals surface area contributed by atoms with Gasteiger partial charge in [0.15, 0.2) is 0 Å². The molecule has 0 amide bonds. The minimum Gasteiger partial charge on any atom is -0.287 e. The van der Waals surface area contributed by atoms with Crippen LogP contribution in [0.5, 0.6) is 0 Å². The number of pyridine rings is 1. The summed E-state index contributed by atoms with van der Waals surface area (Å²) in [6.07, 6.45) is 1.62. The van der Waals surface area contributed by atoms with E-state index in [2.05, 4.69) is 43.5 Å². The molecule has 0 unspecified atom stereocenters. The van der Waals surface area contributed by atoms with Gasteiger partial charge in [0, 0.05) is 19.8 Å². The summed E-state index contributed by atoms with van der Waals surface area (Å²) in [7, 11) is 0. The van der Waals surface area contributed by atoms with Crippen LogP contribution < -0.4 is 0 Å². The molecular formula is C12H7BrINO. The molecule has 0 aliphatic heterocycles. The van der Waals surface area contributed by atoms with Crippen LogP contribution in [-0.2, 0) is 0 Å². The first-order chi connectivity index (χ1) is 7.70. The number of halogens is 2. The van der Waals surface area contributed by atoms with Crippen LogP contribution in [0.25, 0.3) is 0 Å². The molecule has 0 fully saturated rings. The van der Waals surface area contributed by atoms with Crippen molar-refractivity contribution in [2.24, 2.45) is 0 Å². The van der Waals surface area contributed by atoms with Crippen LogP contribution in [0.15, 0.2) is 47.1 Å². The van der Waals surface area contributed by atoms with Gasteiger partial charge in [0.05, 0.1) is 0 Å². The molecule has 0 saturated carbocycles.